The molecule has 1 aromatic heterocycles. The van der Waals surface area contributed by atoms with Gasteiger partial charge in [-0.25, -0.2) is 5.43 Å². The highest BCUT2D eigenvalue weighted by molar-refractivity contribution is 5.99. The third kappa shape index (κ3) is 4.91. The van der Waals surface area contributed by atoms with Crippen LogP contribution < -0.4 is 16.1 Å². The number of hydrazone groups is 1. The van der Waals surface area contributed by atoms with Crippen molar-refractivity contribution in [3.8, 4) is 0 Å². The Morgan fingerprint density at radius 3 is 1.96 bits per heavy atom. The topological polar surface area (TPSA) is 87.1 Å². The van der Waals surface area contributed by atoms with Crippen molar-refractivity contribution >= 4 is 23.6 Å². The Balaban J connectivity index is 2.17. The van der Waals surface area contributed by atoms with Gasteiger partial charge in [-0.1, -0.05) is 29.8 Å². The van der Waals surface area contributed by atoms with Crippen LogP contribution >= 0.6 is 0 Å². The SMILES string of the molecule is CCNc1nc(NCC)nc(N/N=C(\C)c2ccc(C)cc2)n1. The van der Waals surface area contributed by atoms with E-state index in [1.165, 1.54) is 5.56 Å². The van der Waals surface area contributed by atoms with Crippen LogP contribution in [0.15, 0.2) is 29.4 Å². The molecule has 23 heavy (non-hydrogen) atoms. The minimum absolute atomic E-state index is 0.401. The first-order chi connectivity index (χ1) is 11.1. The average molecular weight is 313 g/mol. The quantitative estimate of drug-likeness (QED) is 0.538. The summed E-state index contributed by atoms with van der Waals surface area (Å²) in [6.07, 6.45) is 0. The molecule has 2 aromatic rings. The molecular weight excluding hydrogens is 290 g/mol. The first-order valence-electron chi connectivity index (χ1n) is 7.73. The molecule has 0 radical (unpaired) electrons. The van der Waals surface area contributed by atoms with Gasteiger partial charge in [-0.2, -0.15) is 20.1 Å². The molecule has 0 aliphatic heterocycles. The fourth-order valence-electron chi connectivity index (χ4n) is 1.89. The Kier molecular flexibility index (Phi) is 5.85. The first kappa shape index (κ1) is 16.7. The van der Waals surface area contributed by atoms with Gasteiger partial charge in [0.25, 0.3) is 0 Å². The number of aryl methyl sites for hydroxylation is 1. The van der Waals surface area contributed by atoms with Gasteiger partial charge < -0.3 is 10.6 Å². The van der Waals surface area contributed by atoms with Crippen molar-refractivity contribution in [3.63, 3.8) is 0 Å². The van der Waals surface area contributed by atoms with E-state index in [2.05, 4.69) is 55.2 Å². The van der Waals surface area contributed by atoms with E-state index in [0.29, 0.717) is 17.8 Å². The lowest BCUT2D eigenvalue weighted by atomic mass is 10.1. The van der Waals surface area contributed by atoms with Gasteiger partial charge in [0.1, 0.15) is 0 Å². The summed E-state index contributed by atoms with van der Waals surface area (Å²) in [5.74, 6) is 1.44. The molecule has 0 amide bonds. The van der Waals surface area contributed by atoms with Crippen LogP contribution in [0.2, 0.25) is 0 Å². The van der Waals surface area contributed by atoms with Gasteiger partial charge in [0.05, 0.1) is 5.71 Å². The van der Waals surface area contributed by atoms with Crippen molar-refractivity contribution in [2.24, 2.45) is 5.10 Å². The standard InChI is InChI=1S/C16H23N7/c1-5-17-14-19-15(18-6-2)21-16(20-14)23-22-12(4)13-9-7-11(3)8-10-13/h7-10H,5-6H2,1-4H3,(H3,17,18,19,20,21,23)/b22-12+. The van der Waals surface area contributed by atoms with E-state index in [4.69, 9.17) is 0 Å². The number of rotatable bonds is 7. The van der Waals surface area contributed by atoms with Crippen molar-refractivity contribution in [1.82, 2.24) is 15.0 Å². The number of aromatic nitrogens is 3. The highest BCUT2D eigenvalue weighted by Crippen LogP contribution is 2.10. The molecule has 2 rings (SSSR count). The Labute approximate surface area is 136 Å². The summed E-state index contributed by atoms with van der Waals surface area (Å²) in [4.78, 5) is 12.9. The molecule has 1 heterocycles. The number of hydrogen-bond acceptors (Lipinski definition) is 7. The maximum atomic E-state index is 4.36. The van der Waals surface area contributed by atoms with E-state index in [1.54, 1.807) is 0 Å². The third-order valence-corrected chi connectivity index (χ3v) is 3.10. The van der Waals surface area contributed by atoms with Crippen LogP contribution in [0, 0.1) is 6.92 Å². The molecule has 0 aliphatic carbocycles. The molecule has 0 aliphatic rings. The molecule has 1 aromatic carbocycles. The minimum atomic E-state index is 0.401. The summed E-state index contributed by atoms with van der Waals surface area (Å²) in [7, 11) is 0. The fraction of sp³-hybridized carbons (Fsp3) is 0.375. The van der Waals surface area contributed by atoms with Crippen LogP contribution in [-0.2, 0) is 0 Å². The number of anilines is 3. The van der Waals surface area contributed by atoms with E-state index in [-0.39, 0.29) is 0 Å². The summed E-state index contributed by atoms with van der Waals surface area (Å²) in [6.45, 7) is 9.45. The van der Waals surface area contributed by atoms with Crippen LogP contribution in [0.3, 0.4) is 0 Å². The Bertz CT molecular complexity index is 640. The molecule has 0 atom stereocenters. The lowest BCUT2D eigenvalue weighted by molar-refractivity contribution is 0.991. The lowest BCUT2D eigenvalue weighted by Gasteiger charge is -2.08. The number of hydrogen-bond donors (Lipinski definition) is 3. The predicted molar refractivity (Wildman–Crippen MR) is 95.2 cm³/mol. The molecule has 0 unspecified atom stereocenters. The van der Waals surface area contributed by atoms with Crippen molar-refractivity contribution in [1.29, 1.82) is 0 Å². The van der Waals surface area contributed by atoms with Crippen LogP contribution in [0.25, 0.3) is 0 Å². The van der Waals surface area contributed by atoms with Gasteiger partial charge in [0, 0.05) is 13.1 Å². The fourth-order valence-corrected chi connectivity index (χ4v) is 1.89. The molecule has 0 saturated carbocycles. The first-order valence-corrected chi connectivity index (χ1v) is 7.73. The maximum Gasteiger partial charge on any atom is 0.250 e. The number of benzene rings is 1. The van der Waals surface area contributed by atoms with Crippen LogP contribution in [0.1, 0.15) is 31.9 Å². The van der Waals surface area contributed by atoms with E-state index in [1.807, 2.05) is 32.9 Å². The normalized spacial score (nSPS) is 11.2. The molecule has 3 N–H and O–H groups in total. The molecule has 7 nitrogen and oxygen atoms in total. The second-order valence-electron chi connectivity index (χ2n) is 5.04. The van der Waals surface area contributed by atoms with Gasteiger partial charge in [-0.15, -0.1) is 0 Å². The van der Waals surface area contributed by atoms with Gasteiger partial charge in [-0.3, -0.25) is 0 Å². The zero-order valence-corrected chi connectivity index (χ0v) is 14.0. The largest absolute Gasteiger partial charge is 0.354 e. The van der Waals surface area contributed by atoms with Crippen LogP contribution in [-0.4, -0.2) is 33.8 Å². The van der Waals surface area contributed by atoms with Crippen LogP contribution in [0.4, 0.5) is 17.8 Å². The highest BCUT2D eigenvalue weighted by Gasteiger charge is 2.05. The van der Waals surface area contributed by atoms with Gasteiger partial charge >= 0.3 is 0 Å². The average Bonchev–Trinajstić information content (AvgIpc) is 2.54. The van der Waals surface area contributed by atoms with E-state index in [0.717, 1.165) is 24.4 Å². The molecule has 0 saturated heterocycles. The number of nitrogens with one attached hydrogen (secondary N) is 3. The Morgan fingerprint density at radius 1 is 0.913 bits per heavy atom. The van der Waals surface area contributed by atoms with Gasteiger partial charge in [-0.05, 0) is 33.3 Å². The van der Waals surface area contributed by atoms with E-state index < -0.39 is 0 Å². The summed E-state index contributed by atoms with van der Waals surface area (Å²) in [5.41, 5.74) is 6.03. The summed E-state index contributed by atoms with van der Waals surface area (Å²) in [5, 5.41) is 10.5. The smallest absolute Gasteiger partial charge is 0.250 e. The lowest BCUT2D eigenvalue weighted by Crippen LogP contribution is -2.11. The Morgan fingerprint density at radius 2 is 1.43 bits per heavy atom. The van der Waals surface area contributed by atoms with E-state index in [9.17, 15) is 0 Å². The zero-order chi connectivity index (χ0) is 16.7. The minimum Gasteiger partial charge on any atom is -0.354 e. The summed E-state index contributed by atoms with van der Waals surface area (Å²) >= 11 is 0. The number of nitrogens with zero attached hydrogens (tertiary/aromatic N) is 4. The van der Waals surface area contributed by atoms with Gasteiger partial charge in [0.15, 0.2) is 0 Å². The highest BCUT2D eigenvalue weighted by atomic mass is 15.4. The summed E-state index contributed by atoms with van der Waals surface area (Å²) < 4.78 is 0. The van der Waals surface area contributed by atoms with Crippen molar-refractivity contribution < 1.29 is 0 Å². The van der Waals surface area contributed by atoms with E-state index >= 15 is 0 Å². The third-order valence-electron chi connectivity index (χ3n) is 3.10. The van der Waals surface area contributed by atoms with Gasteiger partial charge in [0.2, 0.25) is 17.8 Å². The summed E-state index contributed by atoms with van der Waals surface area (Å²) in [6, 6.07) is 8.20. The zero-order valence-electron chi connectivity index (χ0n) is 14.0. The van der Waals surface area contributed by atoms with Crippen molar-refractivity contribution in [3.05, 3.63) is 35.4 Å². The molecule has 0 spiro atoms. The Hall–Kier alpha value is -2.70. The second-order valence-corrected chi connectivity index (χ2v) is 5.04. The predicted octanol–water partition coefficient (Wildman–Crippen LogP) is 2.88. The monoisotopic (exact) mass is 313 g/mol. The maximum absolute atomic E-state index is 4.36. The molecule has 122 valence electrons. The van der Waals surface area contributed by atoms with Crippen molar-refractivity contribution in [2.75, 3.05) is 29.1 Å². The van der Waals surface area contributed by atoms with Crippen LogP contribution in [0.5, 0.6) is 0 Å². The molecule has 0 bridgehead atoms. The molecular formula is C16H23N7. The van der Waals surface area contributed by atoms with Crippen molar-refractivity contribution in [2.45, 2.75) is 27.7 Å². The second kappa shape index (κ2) is 8.07. The molecule has 7 heteroatoms. The molecule has 0 fully saturated rings.